The highest BCUT2D eigenvalue weighted by atomic mass is 16.2. The molecule has 2 aromatic heterocycles. The molecule has 1 aliphatic heterocycles. The second-order valence-corrected chi connectivity index (χ2v) is 7.25. The maximum absolute atomic E-state index is 12.9. The molecule has 3 aromatic rings. The van der Waals surface area contributed by atoms with Crippen LogP contribution in [0.25, 0.3) is 11.0 Å². The predicted octanol–water partition coefficient (Wildman–Crippen LogP) is 1.65. The number of carbonyl (C=O) groups excluding carboxylic acids is 1. The zero-order chi connectivity index (χ0) is 19.8. The van der Waals surface area contributed by atoms with Crippen molar-refractivity contribution in [1.82, 2.24) is 19.0 Å². The van der Waals surface area contributed by atoms with E-state index in [0.717, 1.165) is 17.4 Å². The van der Waals surface area contributed by atoms with E-state index in [1.165, 1.54) is 17.2 Å². The summed E-state index contributed by atoms with van der Waals surface area (Å²) in [6.45, 7) is 1.32. The van der Waals surface area contributed by atoms with Gasteiger partial charge >= 0.3 is 5.69 Å². The molecule has 0 atom stereocenters. The standard InChI is InChI=1S/C21H22N4O3/c1-23-18-16(19(26)24(2)21(23)28)8-9-17(22-18)20(27)25-12-10-15(11-13-25)14-6-4-3-5-7-14/h3-9,15H,10-13H2,1-2H3. The fourth-order valence-corrected chi connectivity index (χ4v) is 3.88. The molecule has 0 N–H and O–H groups in total. The molecule has 144 valence electrons. The van der Waals surface area contributed by atoms with Crippen LogP contribution in [-0.2, 0) is 14.1 Å². The summed E-state index contributed by atoms with van der Waals surface area (Å²) in [7, 11) is 2.98. The van der Waals surface area contributed by atoms with Crippen molar-refractivity contribution in [1.29, 1.82) is 0 Å². The molecule has 1 fully saturated rings. The van der Waals surface area contributed by atoms with E-state index in [1.807, 2.05) is 18.2 Å². The van der Waals surface area contributed by atoms with Crippen LogP contribution in [0, 0.1) is 0 Å². The van der Waals surface area contributed by atoms with Crippen LogP contribution in [0.1, 0.15) is 34.8 Å². The molecule has 1 saturated heterocycles. The Kier molecular flexibility index (Phi) is 4.58. The molecule has 1 amide bonds. The third-order valence-corrected chi connectivity index (χ3v) is 5.57. The molecule has 0 aliphatic carbocycles. The third kappa shape index (κ3) is 3.02. The number of piperidine rings is 1. The summed E-state index contributed by atoms with van der Waals surface area (Å²) in [6.07, 6.45) is 1.81. The van der Waals surface area contributed by atoms with Gasteiger partial charge in [0.2, 0.25) is 0 Å². The summed E-state index contributed by atoms with van der Waals surface area (Å²) in [5.74, 6) is 0.292. The lowest BCUT2D eigenvalue weighted by Crippen LogP contribution is -2.39. The van der Waals surface area contributed by atoms with Crippen molar-refractivity contribution in [3.63, 3.8) is 0 Å². The van der Waals surface area contributed by atoms with Gasteiger partial charge in [-0.15, -0.1) is 0 Å². The maximum atomic E-state index is 12.9. The Morgan fingerprint density at radius 1 is 0.964 bits per heavy atom. The normalized spacial score (nSPS) is 15.1. The first kappa shape index (κ1) is 18.2. The Morgan fingerprint density at radius 2 is 1.64 bits per heavy atom. The summed E-state index contributed by atoms with van der Waals surface area (Å²) in [5, 5.41) is 0.323. The number of likely N-dealkylation sites (tertiary alicyclic amines) is 1. The van der Waals surface area contributed by atoms with Gasteiger partial charge in [0.05, 0.1) is 5.39 Å². The van der Waals surface area contributed by atoms with Gasteiger partial charge in [0.25, 0.3) is 11.5 Å². The summed E-state index contributed by atoms with van der Waals surface area (Å²) < 4.78 is 2.34. The van der Waals surface area contributed by atoms with Crippen molar-refractivity contribution in [2.24, 2.45) is 14.1 Å². The van der Waals surface area contributed by atoms with Gasteiger partial charge in [-0.3, -0.25) is 18.7 Å². The van der Waals surface area contributed by atoms with E-state index in [-0.39, 0.29) is 17.2 Å². The molecule has 0 bridgehead atoms. The Morgan fingerprint density at radius 3 is 2.32 bits per heavy atom. The number of amides is 1. The van der Waals surface area contributed by atoms with E-state index in [0.29, 0.717) is 24.4 Å². The Hall–Kier alpha value is -3.22. The number of aryl methyl sites for hydroxylation is 1. The van der Waals surface area contributed by atoms with E-state index in [2.05, 4.69) is 17.1 Å². The van der Waals surface area contributed by atoms with Gasteiger partial charge in [0.15, 0.2) is 0 Å². The Balaban J connectivity index is 1.58. The van der Waals surface area contributed by atoms with Crippen molar-refractivity contribution < 1.29 is 4.79 Å². The van der Waals surface area contributed by atoms with Crippen LogP contribution in [0.3, 0.4) is 0 Å². The molecule has 7 heteroatoms. The molecular weight excluding hydrogens is 356 g/mol. The monoisotopic (exact) mass is 378 g/mol. The van der Waals surface area contributed by atoms with Crippen molar-refractivity contribution in [3.8, 4) is 0 Å². The number of aromatic nitrogens is 3. The van der Waals surface area contributed by atoms with Gasteiger partial charge in [0.1, 0.15) is 11.3 Å². The smallest absolute Gasteiger partial charge is 0.332 e. The van der Waals surface area contributed by atoms with Gasteiger partial charge in [-0.2, -0.15) is 0 Å². The van der Waals surface area contributed by atoms with Gasteiger partial charge in [0, 0.05) is 27.2 Å². The molecule has 1 aromatic carbocycles. The molecular formula is C21H22N4O3. The number of hydrogen-bond donors (Lipinski definition) is 0. The van der Waals surface area contributed by atoms with E-state index in [4.69, 9.17) is 0 Å². The van der Waals surface area contributed by atoms with Crippen molar-refractivity contribution in [2.45, 2.75) is 18.8 Å². The van der Waals surface area contributed by atoms with Crippen LogP contribution in [0.2, 0.25) is 0 Å². The largest absolute Gasteiger partial charge is 0.337 e. The van der Waals surface area contributed by atoms with E-state index in [1.54, 1.807) is 24.1 Å². The second kappa shape index (κ2) is 7.07. The van der Waals surface area contributed by atoms with Crippen LogP contribution in [-0.4, -0.2) is 38.0 Å². The predicted molar refractivity (Wildman–Crippen MR) is 107 cm³/mol. The summed E-state index contributed by atoms with van der Waals surface area (Å²) >= 11 is 0. The number of fused-ring (bicyclic) bond motifs is 1. The molecule has 0 saturated carbocycles. The minimum Gasteiger partial charge on any atom is -0.337 e. The fraction of sp³-hybridized carbons (Fsp3) is 0.333. The van der Waals surface area contributed by atoms with E-state index >= 15 is 0 Å². The first-order valence-corrected chi connectivity index (χ1v) is 9.38. The quantitative estimate of drug-likeness (QED) is 0.679. The number of rotatable bonds is 2. The van der Waals surface area contributed by atoms with Crippen molar-refractivity contribution in [3.05, 3.63) is 74.6 Å². The van der Waals surface area contributed by atoms with Crippen LogP contribution in [0.15, 0.2) is 52.1 Å². The number of carbonyl (C=O) groups is 1. The molecule has 4 rings (SSSR count). The number of pyridine rings is 1. The van der Waals surface area contributed by atoms with Crippen molar-refractivity contribution >= 4 is 16.9 Å². The van der Waals surface area contributed by atoms with Crippen molar-refractivity contribution in [2.75, 3.05) is 13.1 Å². The maximum Gasteiger partial charge on any atom is 0.332 e. The molecule has 0 radical (unpaired) electrons. The Bertz CT molecular complexity index is 1160. The number of nitrogens with zero attached hydrogens (tertiary/aromatic N) is 4. The van der Waals surface area contributed by atoms with Crippen LogP contribution in [0.4, 0.5) is 0 Å². The lowest BCUT2D eigenvalue weighted by Gasteiger charge is -2.32. The molecule has 7 nitrogen and oxygen atoms in total. The summed E-state index contributed by atoms with van der Waals surface area (Å²) in [4.78, 5) is 43.5. The highest BCUT2D eigenvalue weighted by molar-refractivity contribution is 5.94. The minimum atomic E-state index is -0.460. The lowest BCUT2D eigenvalue weighted by molar-refractivity contribution is 0.0707. The van der Waals surface area contributed by atoms with Crippen LogP contribution >= 0.6 is 0 Å². The SMILES string of the molecule is Cn1c(=O)c2ccc(C(=O)N3CCC(c4ccccc4)CC3)nc2n(C)c1=O. The highest BCUT2D eigenvalue weighted by Crippen LogP contribution is 2.28. The van der Waals surface area contributed by atoms with Gasteiger partial charge in [-0.1, -0.05) is 30.3 Å². The number of benzene rings is 1. The molecule has 0 spiro atoms. The zero-order valence-corrected chi connectivity index (χ0v) is 16.0. The zero-order valence-electron chi connectivity index (χ0n) is 16.0. The average molecular weight is 378 g/mol. The highest BCUT2D eigenvalue weighted by Gasteiger charge is 2.25. The first-order chi connectivity index (χ1) is 13.5. The number of hydrogen-bond acceptors (Lipinski definition) is 4. The third-order valence-electron chi connectivity index (χ3n) is 5.57. The molecule has 0 unspecified atom stereocenters. The van der Waals surface area contributed by atoms with E-state index < -0.39 is 11.2 Å². The molecule has 3 heterocycles. The van der Waals surface area contributed by atoms with Gasteiger partial charge in [-0.25, -0.2) is 9.78 Å². The summed E-state index contributed by atoms with van der Waals surface area (Å²) in [5.41, 5.74) is 0.933. The second-order valence-electron chi connectivity index (χ2n) is 7.25. The summed E-state index contributed by atoms with van der Waals surface area (Å²) in [6, 6.07) is 13.5. The lowest BCUT2D eigenvalue weighted by atomic mass is 9.89. The van der Waals surface area contributed by atoms with Crippen LogP contribution in [0.5, 0.6) is 0 Å². The molecule has 28 heavy (non-hydrogen) atoms. The van der Waals surface area contributed by atoms with Crippen LogP contribution < -0.4 is 11.2 Å². The van der Waals surface area contributed by atoms with Gasteiger partial charge in [-0.05, 0) is 36.5 Å². The minimum absolute atomic E-state index is 0.165. The topological polar surface area (TPSA) is 77.2 Å². The van der Waals surface area contributed by atoms with E-state index in [9.17, 15) is 14.4 Å². The molecule has 1 aliphatic rings. The van der Waals surface area contributed by atoms with Gasteiger partial charge < -0.3 is 4.90 Å². The first-order valence-electron chi connectivity index (χ1n) is 9.38. The fourth-order valence-electron chi connectivity index (χ4n) is 3.88. The Labute approximate surface area is 161 Å². The average Bonchev–Trinajstić information content (AvgIpc) is 2.76.